The van der Waals surface area contributed by atoms with Crippen LogP contribution >= 0.6 is 0 Å². The molecule has 1 atom stereocenters. The van der Waals surface area contributed by atoms with Gasteiger partial charge >= 0.3 is 10.2 Å². The minimum atomic E-state index is -4.08. The SMILES string of the molecule is CC(C)[N+]1([O-])C=c2ccccc2=NS1(=O)=O. The summed E-state index contributed by atoms with van der Waals surface area (Å²) in [6.45, 7) is 3.12. The van der Waals surface area contributed by atoms with Gasteiger partial charge in [0.25, 0.3) is 0 Å². The monoisotopic (exact) mass is 240 g/mol. The summed E-state index contributed by atoms with van der Waals surface area (Å²) in [6, 6.07) is 6.06. The molecule has 0 bridgehead atoms. The highest BCUT2D eigenvalue weighted by atomic mass is 32.2. The van der Waals surface area contributed by atoms with Crippen molar-refractivity contribution in [2.45, 2.75) is 19.9 Å². The highest BCUT2D eigenvalue weighted by Gasteiger charge is 2.36. The number of quaternary nitrogens is 1. The van der Waals surface area contributed by atoms with Gasteiger partial charge in [-0.2, -0.15) is 0 Å². The maximum absolute atomic E-state index is 12.2. The molecule has 1 aromatic carbocycles. The van der Waals surface area contributed by atoms with E-state index in [9.17, 15) is 13.6 Å². The smallest absolute Gasteiger partial charge is 0.419 e. The minimum Gasteiger partial charge on any atom is -0.610 e. The van der Waals surface area contributed by atoms with Gasteiger partial charge in [0.1, 0.15) is 12.2 Å². The highest BCUT2D eigenvalue weighted by Crippen LogP contribution is 2.22. The third kappa shape index (κ3) is 1.46. The van der Waals surface area contributed by atoms with E-state index < -0.39 is 20.3 Å². The zero-order valence-electron chi connectivity index (χ0n) is 8.99. The molecule has 6 heteroatoms. The van der Waals surface area contributed by atoms with Crippen LogP contribution in [0.4, 0.5) is 0 Å². The fourth-order valence-electron chi connectivity index (χ4n) is 1.54. The second-order valence-corrected chi connectivity index (χ2v) is 5.61. The van der Waals surface area contributed by atoms with E-state index in [1.165, 1.54) is 6.20 Å². The van der Waals surface area contributed by atoms with Crippen molar-refractivity contribution in [1.82, 2.24) is 0 Å². The molecule has 1 aliphatic heterocycles. The van der Waals surface area contributed by atoms with Gasteiger partial charge in [0, 0.05) is 0 Å². The molecule has 5 nitrogen and oxygen atoms in total. The summed E-state index contributed by atoms with van der Waals surface area (Å²) in [5, 5.41) is 13.1. The number of hydrogen-bond donors (Lipinski definition) is 0. The van der Waals surface area contributed by atoms with Gasteiger partial charge in [-0.25, -0.2) is 4.05 Å². The molecule has 0 amide bonds. The Morgan fingerprint density at radius 3 is 2.56 bits per heavy atom. The van der Waals surface area contributed by atoms with E-state index in [0.717, 1.165) is 0 Å². The molecule has 0 spiro atoms. The van der Waals surface area contributed by atoms with Crippen LogP contribution in [0, 0.1) is 5.21 Å². The van der Waals surface area contributed by atoms with E-state index in [1.807, 2.05) is 0 Å². The Balaban J connectivity index is 2.87. The van der Waals surface area contributed by atoms with E-state index in [1.54, 1.807) is 38.1 Å². The fourth-order valence-corrected chi connectivity index (χ4v) is 2.87. The van der Waals surface area contributed by atoms with Gasteiger partial charge in [0.15, 0.2) is 0 Å². The van der Waals surface area contributed by atoms with Gasteiger partial charge in [-0.1, -0.05) is 12.1 Å². The zero-order chi connectivity index (χ0) is 12.0. The summed E-state index contributed by atoms with van der Waals surface area (Å²) in [6.07, 6.45) is 1.20. The molecular weight excluding hydrogens is 228 g/mol. The molecule has 0 radical (unpaired) electrons. The van der Waals surface area contributed by atoms with E-state index in [4.69, 9.17) is 0 Å². The van der Waals surface area contributed by atoms with Crippen LogP contribution in [0.2, 0.25) is 0 Å². The molecule has 0 aliphatic carbocycles. The van der Waals surface area contributed by atoms with Crippen LogP contribution in [0.3, 0.4) is 0 Å². The second-order valence-electron chi connectivity index (χ2n) is 3.97. The van der Waals surface area contributed by atoms with Crippen LogP contribution in [0.5, 0.6) is 0 Å². The summed E-state index contributed by atoms with van der Waals surface area (Å²) >= 11 is 0. The maximum Gasteiger partial charge on any atom is 0.419 e. The fraction of sp³-hybridized carbons (Fsp3) is 0.300. The topological polar surface area (TPSA) is 69.6 Å². The Labute approximate surface area is 93.7 Å². The van der Waals surface area contributed by atoms with Crippen molar-refractivity contribution in [2.75, 3.05) is 0 Å². The van der Waals surface area contributed by atoms with Crippen molar-refractivity contribution in [1.29, 1.82) is 0 Å². The van der Waals surface area contributed by atoms with Gasteiger partial charge in [0.2, 0.25) is 0 Å². The molecule has 0 saturated carbocycles. The van der Waals surface area contributed by atoms with Crippen molar-refractivity contribution in [2.24, 2.45) is 4.40 Å². The number of hydroxylamine groups is 2. The predicted molar refractivity (Wildman–Crippen MR) is 59.4 cm³/mol. The number of nitrogens with zero attached hydrogens (tertiary/aromatic N) is 2. The van der Waals surface area contributed by atoms with E-state index >= 15 is 0 Å². The third-order valence-electron chi connectivity index (χ3n) is 2.55. The second kappa shape index (κ2) is 3.38. The Morgan fingerprint density at radius 1 is 1.31 bits per heavy atom. The van der Waals surface area contributed by atoms with Crippen LogP contribution in [0.1, 0.15) is 13.8 Å². The summed E-state index contributed by atoms with van der Waals surface area (Å²) in [4.78, 5) is 0. The van der Waals surface area contributed by atoms with Crippen LogP contribution in [-0.2, 0) is 10.2 Å². The van der Waals surface area contributed by atoms with Gasteiger partial charge in [-0.15, -0.1) is 12.8 Å². The Hall–Kier alpha value is -1.24. The largest absolute Gasteiger partial charge is 0.610 e. The molecule has 0 N–H and O–H groups in total. The lowest BCUT2D eigenvalue weighted by Crippen LogP contribution is -2.52. The van der Waals surface area contributed by atoms with Gasteiger partial charge < -0.3 is 5.21 Å². The van der Waals surface area contributed by atoms with E-state index in [-0.39, 0.29) is 0 Å². The Morgan fingerprint density at radius 2 is 1.94 bits per heavy atom. The Kier molecular flexibility index (Phi) is 2.37. The van der Waals surface area contributed by atoms with Gasteiger partial charge in [-0.05, 0) is 26.0 Å². The van der Waals surface area contributed by atoms with Crippen LogP contribution < -0.4 is 10.6 Å². The number of benzene rings is 1. The van der Waals surface area contributed by atoms with Crippen molar-refractivity contribution in [3.8, 4) is 0 Å². The predicted octanol–water partition coefficient (Wildman–Crippen LogP) is 0.0256. The quantitative estimate of drug-likeness (QED) is 0.513. The highest BCUT2D eigenvalue weighted by molar-refractivity contribution is 7.84. The van der Waals surface area contributed by atoms with Gasteiger partial charge in [-0.3, -0.25) is 0 Å². The molecule has 2 rings (SSSR count). The standard InChI is InChI=1S/C10H12N2O3S/c1-8(2)12(13)7-9-5-3-4-6-10(9)11-16(12,14)15/h3-8H,1-2H3. The summed E-state index contributed by atoms with van der Waals surface area (Å²) in [5.41, 5.74) is 0. The lowest BCUT2D eigenvalue weighted by atomic mass is 10.3. The summed E-state index contributed by atoms with van der Waals surface area (Å²) in [5.74, 6) is 0. The van der Waals surface area contributed by atoms with E-state index in [2.05, 4.69) is 4.40 Å². The minimum absolute atomic E-state index is 0.327. The van der Waals surface area contributed by atoms with Crippen molar-refractivity contribution in [3.05, 3.63) is 40.0 Å². The average Bonchev–Trinajstić information content (AvgIpc) is 2.18. The lowest BCUT2D eigenvalue weighted by Gasteiger charge is -2.39. The van der Waals surface area contributed by atoms with Gasteiger partial charge in [0.05, 0.1) is 10.6 Å². The molecule has 16 heavy (non-hydrogen) atoms. The Bertz CT molecular complexity index is 636. The third-order valence-corrected chi connectivity index (χ3v) is 4.23. The van der Waals surface area contributed by atoms with Crippen LogP contribution in [-0.4, -0.2) is 18.5 Å². The number of fused-ring (bicyclic) bond motifs is 1. The molecular formula is C10H12N2O3S. The van der Waals surface area contributed by atoms with E-state index in [0.29, 0.717) is 10.6 Å². The summed E-state index contributed by atoms with van der Waals surface area (Å²) in [7, 11) is -4.08. The zero-order valence-corrected chi connectivity index (χ0v) is 9.81. The molecule has 1 aromatic rings. The van der Waals surface area contributed by atoms with Crippen LogP contribution in [0.15, 0.2) is 28.7 Å². The maximum atomic E-state index is 12.2. The van der Waals surface area contributed by atoms with Crippen molar-refractivity contribution >= 4 is 16.4 Å². The van der Waals surface area contributed by atoms with Crippen molar-refractivity contribution < 1.29 is 12.5 Å². The first kappa shape index (κ1) is 11.3. The summed E-state index contributed by atoms with van der Waals surface area (Å²) < 4.78 is 25.7. The number of rotatable bonds is 1. The van der Waals surface area contributed by atoms with Crippen LogP contribution in [0.25, 0.3) is 6.20 Å². The lowest BCUT2D eigenvalue weighted by molar-refractivity contribution is -0.691. The number of hydrogen-bond acceptors (Lipinski definition) is 3. The van der Waals surface area contributed by atoms with Crippen molar-refractivity contribution in [3.63, 3.8) is 0 Å². The molecule has 0 fully saturated rings. The molecule has 1 aliphatic rings. The first-order valence-electron chi connectivity index (χ1n) is 4.89. The molecule has 1 heterocycles. The molecule has 0 saturated heterocycles. The first-order chi connectivity index (χ1) is 7.37. The average molecular weight is 240 g/mol. The molecule has 0 aromatic heterocycles. The normalized spacial score (nSPS) is 26.8. The molecule has 86 valence electrons. The first-order valence-corrected chi connectivity index (χ1v) is 6.29. The molecule has 1 unspecified atom stereocenters.